The lowest BCUT2D eigenvalue weighted by atomic mass is 10.0. The van der Waals surface area contributed by atoms with Gasteiger partial charge in [0, 0.05) is 11.8 Å². The van der Waals surface area contributed by atoms with Gasteiger partial charge in [0.25, 0.3) is 0 Å². The second kappa shape index (κ2) is 3.74. The smallest absolute Gasteiger partial charge is 0.110 e. The highest BCUT2D eigenvalue weighted by molar-refractivity contribution is 5.80. The second-order valence-corrected chi connectivity index (χ2v) is 4.35. The number of aromatic nitrogens is 2. The Labute approximate surface area is 101 Å². The van der Waals surface area contributed by atoms with Gasteiger partial charge < -0.3 is 4.40 Å². The van der Waals surface area contributed by atoms with Gasteiger partial charge in [-0.05, 0) is 25.5 Å². The summed E-state index contributed by atoms with van der Waals surface area (Å²) in [6.45, 7) is 4.12. The summed E-state index contributed by atoms with van der Waals surface area (Å²) in [5.74, 6) is 1.02. The molecule has 3 aromatic rings. The molecule has 0 atom stereocenters. The lowest BCUT2D eigenvalue weighted by Gasteiger charge is -2.05. The summed E-state index contributed by atoms with van der Waals surface area (Å²) in [5, 5.41) is 0. The van der Waals surface area contributed by atoms with Crippen LogP contribution in [0, 0.1) is 13.8 Å². The van der Waals surface area contributed by atoms with Crippen LogP contribution in [-0.2, 0) is 0 Å². The molecule has 2 aromatic heterocycles. The van der Waals surface area contributed by atoms with Crippen LogP contribution >= 0.6 is 0 Å². The lowest BCUT2D eigenvalue weighted by Crippen LogP contribution is -1.89. The SMILES string of the molecule is Cc1ccc(-c2cccn3c(C)ncc23)cc1. The van der Waals surface area contributed by atoms with Gasteiger partial charge in [-0.25, -0.2) is 4.98 Å². The fraction of sp³-hybridized carbons (Fsp3) is 0.133. The van der Waals surface area contributed by atoms with Crippen LogP contribution in [0.15, 0.2) is 48.8 Å². The summed E-state index contributed by atoms with van der Waals surface area (Å²) in [6, 6.07) is 12.8. The number of aryl methyl sites for hydroxylation is 2. The quantitative estimate of drug-likeness (QED) is 0.614. The van der Waals surface area contributed by atoms with E-state index in [0.717, 1.165) is 11.3 Å². The second-order valence-electron chi connectivity index (χ2n) is 4.35. The average molecular weight is 222 g/mol. The van der Waals surface area contributed by atoms with Crippen LogP contribution in [-0.4, -0.2) is 9.38 Å². The highest BCUT2D eigenvalue weighted by Gasteiger charge is 2.05. The van der Waals surface area contributed by atoms with E-state index < -0.39 is 0 Å². The van der Waals surface area contributed by atoms with Gasteiger partial charge in [0.15, 0.2) is 0 Å². The van der Waals surface area contributed by atoms with Crippen molar-refractivity contribution >= 4 is 5.52 Å². The van der Waals surface area contributed by atoms with Crippen molar-refractivity contribution in [3.8, 4) is 11.1 Å². The molecular formula is C15H14N2. The van der Waals surface area contributed by atoms with Crippen molar-refractivity contribution < 1.29 is 0 Å². The third-order valence-corrected chi connectivity index (χ3v) is 3.12. The predicted octanol–water partition coefficient (Wildman–Crippen LogP) is 3.62. The van der Waals surface area contributed by atoms with E-state index >= 15 is 0 Å². The fourth-order valence-electron chi connectivity index (χ4n) is 2.13. The van der Waals surface area contributed by atoms with Crippen LogP contribution in [0.3, 0.4) is 0 Å². The number of rotatable bonds is 1. The molecule has 0 fully saturated rings. The van der Waals surface area contributed by atoms with Crippen LogP contribution in [0.2, 0.25) is 0 Å². The first kappa shape index (κ1) is 10.1. The first-order chi connectivity index (χ1) is 8.25. The zero-order chi connectivity index (χ0) is 11.8. The number of pyridine rings is 1. The van der Waals surface area contributed by atoms with Crippen molar-refractivity contribution in [1.82, 2.24) is 9.38 Å². The lowest BCUT2D eigenvalue weighted by molar-refractivity contribution is 1.04. The van der Waals surface area contributed by atoms with Crippen molar-refractivity contribution in [2.24, 2.45) is 0 Å². The molecule has 0 aliphatic carbocycles. The van der Waals surface area contributed by atoms with Crippen LogP contribution in [0.4, 0.5) is 0 Å². The minimum absolute atomic E-state index is 1.02. The van der Waals surface area contributed by atoms with Gasteiger partial charge >= 0.3 is 0 Å². The monoisotopic (exact) mass is 222 g/mol. The molecule has 2 heteroatoms. The minimum Gasteiger partial charge on any atom is -0.303 e. The Morgan fingerprint density at radius 2 is 1.76 bits per heavy atom. The Kier molecular flexibility index (Phi) is 2.22. The molecule has 2 heterocycles. The molecule has 0 N–H and O–H groups in total. The van der Waals surface area contributed by atoms with E-state index in [0.29, 0.717) is 0 Å². The third kappa shape index (κ3) is 1.62. The van der Waals surface area contributed by atoms with Crippen LogP contribution < -0.4 is 0 Å². The van der Waals surface area contributed by atoms with Crippen molar-refractivity contribution in [3.63, 3.8) is 0 Å². The van der Waals surface area contributed by atoms with Gasteiger partial charge in [-0.15, -0.1) is 0 Å². The van der Waals surface area contributed by atoms with E-state index in [2.05, 4.69) is 58.9 Å². The number of hydrogen-bond donors (Lipinski definition) is 0. The largest absolute Gasteiger partial charge is 0.303 e. The maximum absolute atomic E-state index is 4.36. The van der Waals surface area contributed by atoms with E-state index in [-0.39, 0.29) is 0 Å². The first-order valence-electron chi connectivity index (χ1n) is 5.75. The Hall–Kier alpha value is -2.09. The molecule has 0 aliphatic rings. The average Bonchev–Trinajstić information content (AvgIpc) is 2.73. The van der Waals surface area contributed by atoms with Gasteiger partial charge in [-0.1, -0.05) is 35.9 Å². The topological polar surface area (TPSA) is 17.3 Å². The van der Waals surface area contributed by atoms with Crippen LogP contribution in [0.25, 0.3) is 16.6 Å². The van der Waals surface area contributed by atoms with Gasteiger partial charge in [0.1, 0.15) is 5.82 Å². The van der Waals surface area contributed by atoms with Gasteiger partial charge in [0.2, 0.25) is 0 Å². The molecule has 0 amide bonds. The number of imidazole rings is 1. The Morgan fingerprint density at radius 1 is 1.00 bits per heavy atom. The first-order valence-corrected chi connectivity index (χ1v) is 5.75. The summed E-state index contributed by atoms with van der Waals surface area (Å²) < 4.78 is 2.12. The van der Waals surface area contributed by atoms with Gasteiger partial charge in [0.05, 0.1) is 11.7 Å². The van der Waals surface area contributed by atoms with Crippen molar-refractivity contribution in [2.45, 2.75) is 13.8 Å². The highest BCUT2D eigenvalue weighted by atomic mass is 15.0. The number of hydrogen-bond acceptors (Lipinski definition) is 1. The Morgan fingerprint density at radius 3 is 2.53 bits per heavy atom. The maximum Gasteiger partial charge on any atom is 0.110 e. The van der Waals surface area contributed by atoms with Gasteiger partial charge in [-0.2, -0.15) is 0 Å². The van der Waals surface area contributed by atoms with Crippen LogP contribution in [0.1, 0.15) is 11.4 Å². The molecule has 0 bridgehead atoms. The molecule has 0 radical (unpaired) electrons. The summed E-state index contributed by atoms with van der Waals surface area (Å²) in [5.41, 5.74) is 4.91. The summed E-state index contributed by atoms with van der Waals surface area (Å²) in [6.07, 6.45) is 3.99. The third-order valence-electron chi connectivity index (χ3n) is 3.12. The maximum atomic E-state index is 4.36. The van der Waals surface area contributed by atoms with E-state index in [4.69, 9.17) is 0 Å². The minimum atomic E-state index is 1.02. The zero-order valence-corrected chi connectivity index (χ0v) is 10.0. The fourth-order valence-corrected chi connectivity index (χ4v) is 2.13. The summed E-state index contributed by atoms with van der Waals surface area (Å²) in [4.78, 5) is 4.36. The molecule has 84 valence electrons. The normalized spacial score (nSPS) is 10.9. The Balaban J connectivity index is 2.26. The predicted molar refractivity (Wildman–Crippen MR) is 70.1 cm³/mol. The summed E-state index contributed by atoms with van der Waals surface area (Å²) >= 11 is 0. The molecule has 2 nitrogen and oxygen atoms in total. The molecule has 0 saturated heterocycles. The number of nitrogens with zero attached hydrogens (tertiary/aromatic N) is 2. The molecule has 0 saturated carbocycles. The van der Waals surface area contributed by atoms with Crippen molar-refractivity contribution in [2.75, 3.05) is 0 Å². The molecule has 17 heavy (non-hydrogen) atoms. The molecule has 3 rings (SSSR count). The van der Waals surface area contributed by atoms with E-state index in [1.54, 1.807) is 0 Å². The van der Waals surface area contributed by atoms with Gasteiger partial charge in [-0.3, -0.25) is 0 Å². The van der Waals surface area contributed by atoms with Crippen LogP contribution in [0.5, 0.6) is 0 Å². The number of benzene rings is 1. The van der Waals surface area contributed by atoms with Crippen molar-refractivity contribution in [1.29, 1.82) is 0 Å². The highest BCUT2D eigenvalue weighted by Crippen LogP contribution is 2.25. The molecule has 0 spiro atoms. The van der Waals surface area contributed by atoms with E-state index in [1.807, 2.05) is 13.1 Å². The molecular weight excluding hydrogens is 208 g/mol. The zero-order valence-electron chi connectivity index (χ0n) is 10.0. The van der Waals surface area contributed by atoms with Crippen molar-refractivity contribution in [3.05, 3.63) is 60.2 Å². The van der Waals surface area contributed by atoms with E-state index in [9.17, 15) is 0 Å². The molecule has 1 aromatic carbocycles. The standard InChI is InChI=1S/C15H14N2/c1-11-5-7-13(8-6-11)14-4-3-9-17-12(2)16-10-15(14)17/h3-10H,1-2H3. The molecule has 0 aliphatic heterocycles. The number of fused-ring (bicyclic) bond motifs is 1. The Bertz CT molecular complexity index is 663. The van der Waals surface area contributed by atoms with E-state index in [1.165, 1.54) is 16.7 Å². The summed E-state index contributed by atoms with van der Waals surface area (Å²) in [7, 11) is 0. The molecule has 0 unspecified atom stereocenters.